The molecule has 0 aliphatic heterocycles. The van der Waals surface area contributed by atoms with E-state index in [1.165, 1.54) is 0 Å². The molecule has 0 fully saturated rings. The molecule has 2 aromatic carbocycles. The minimum atomic E-state index is -1.09. The Hall–Kier alpha value is -3.66. The Balaban J connectivity index is 1.42. The summed E-state index contributed by atoms with van der Waals surface area (Å²) >= 11 is 1.15. The Bertz CT molecular complexity index is 1280. The zero-order chi connectivity index (χ0) is 22.7. The van der Waals surface area contributed by atoms with Gasteiger partial charge in [0.1, 0.15) is 6.04 Å². The van der Waals surface area contributed by atoms with Crippen molar-refractivity contribution < 1.29 is 14.7 Å². The third kappa shape index (κ3) is 4.65. The molecule has 2 aromatic heterocycles. The summed E-state index contributed by atoms with van der Waals surface area (Å²) in [6, 6.07) is 12.5. The molecule has 1 amide bonds. The molecule has 0 aliphatic carbocycles. The van der Waals surface area contributed by atoms with E-state index in [1.54, 1.807) is 10.9 Å². The molecule has 0 radical (unpaired) electrons. The number of rotatable bonds is 8. The highest BCUT2D eigenvalue weighted by Crippen LogP contribution is 2.22. The van der Waals surface area contributed by atoms with Gasteiger partial charge >= 0.3 is 5.97 Å². The number of hydrogen-bond acceptors (Lipinski definition) is 6. The quantitative estimate of drug-likeness (QED) is 0.352. The van der Waals surface area contributed by atoms with E-state index in [0.717, 1.165) is 45.0 Å². The number of carboxylic acids is 1. The molecular formula is C22H22N6O3S. The zero-order valence-electron chi connectivity index (χ0n) is 17.6. The van der Waals surface area contributed by atoms with Crippen LogP contribution in [0.5, 0.6) is 0 Å². The number of hydrogen-bond donors (Lipinski definition) is 3. The predicted octanol–water partition coefficient (Wildman–Crippen LogP) is 2.66. The van der Waals surface area contributed by atoms with Crippen LogP contribution in [0.15, 0.2) is 53.8 Å². The van der Waals surface area contributed by atoms with E-state index in [0.29, 0.717) is 5.16 Å². The molecule has 4 aromatic rings. The standard InChI is InChI=1S/C22H22N6O3S/c1-13-7-8-19(14(2)9-13)28-22(25-26-27-28)32-12-20(29)24-18(21(30)31)10-15-11-23-17-6-4-3-5-16(15)17/h3-9,11,18,23H,10,12H2,1-2H3,(H,24,29)(H,30,31). The van der Waals surface area contributed by atoms with Gasteiger partial charge in [-0.1, -0.05) is 47.7 Å². The highest BCUT2D eigenvalue weighted by atomic mass is 32.2. The average molecular weight is 451 g/mol. The van der Waals surface area contributed by atoms with Crippen molar-refractivity contribution >= 4 is 34.5 Å². The lowest BCUT2D eigenvalue weighted by Gasteiger charge is -2.14. The lowest BCUT2D eigenvalue weighted by molar-refractivity contribution is -0.141. The number of carbonyl (C=O) groups excluding carboxylic acids is 1. The lowest BCUT2D eigenvalue weighted by atomic mass is 10.1. The molecular weight excluding hydrogens is 428 g/mol. The van der Waals surface area contributed by atoms with Crippen LogP contribution >= 0.6 is 11.8 Å². The number of benzene rings is 2. The van der Waals surface area contributed by atoms with Gasteiger partial charge in [0.05, 0.1) is 11.4 Å². The first-order valence-corrected chi connectivity index (χ1v) is 11.0. The maximum atomic E-state index is 12.5. The number of thioether (sulfide) groups is 1. The minimum absolute atomic E-state index is 0.0110. The van der Waals surface area contributed by atoms with Crippen molar-refractivity contribution in [2.24, 2.45) is 0 Å². The van der Waals surface area contributed by atoms with Gasteiger partial charge in [-0.2, -0.15) is 4.68 Å². The van der Waals surface area contributed by atoms with Gasteiger partial charge < -0.3 is 15.4 Å². The van der Waals surface area contributed by atoms with Crippen LogP contribution in [0.4, 0.5) is 0 Å². The van der Waals surface area contributed by atoms with E-state index in [2.05, 4.69) is 25.8 Å². The Morgan fingerprint density at radius 3 is 2.81 bits per heavy atom. The summed E-state index contributed by atoms with van der Waals surface area (Å²) < 4.78 is 1.58. The second-order valence-corrected chi connectivity index (χ2v) is 8.42. The van der Waals surface area contributed by atoms with Crippen LogP contribution in [0.1, 0.15) is 16.7 Å². The summed E-state index contributed by atoms with van der Waals surface area (Å²) in [5.41, 5.74) is 4.72. The molecule has 0 spiro atoms. The van der Waals surface area contributed by atoms with Gasteiger partial charge in [0.15, 0.2) is 0 Å². The summed E-state index contributed by atoms with van der Waals surface area (Å²) in [5.74, 6) is -1.51. The Morgan fingerprint density at radius 1 is 1.22 bits per heavy atom. The SMILES string of the molecule is Cc1ccc(-n2nnnc2SCC(=O)NC(Cc2c[nH]c3ccccc23)C(=O)O)c(C)c1. The number of aliphatic carboxylic acids is 1. The molecule has 1 atom stereocenters. The van der Waals surface area contributed by atoms with E-state index >= 15 is 0 Å². The predicted molar refractivity (Wildman–Crippen MR) is 121 cm³/mol. The monoisotopic (exact) mass is 450 g/mol. The first-order chi connectivity index (χ1) is 15.4. The van der Waals surface area contributed by atoms with Crippen LogP contribution in [0, 0.1) is 13.8 Å². The Morgan fingerprint density at radius 2 is 2.03 bits per heavy atom. The first-order valence-electron chi connectivity index (χ1n) is 9.98. The topological polar surface area (TPSA) is 126 Å². The van der Waals surface area contributed by atoms with Crippen molar-refractivity contribution in [3.05, 3.63) is 65.4 Å². The van der Waals surface area contributed by atoms with Crippen LogP contribution < -0.4 is 5.32 Å². The molecule has 0 aliphatic rings. The summed E-state index contributed by atoms with van der Waals surface area (Å²) in [6.07, 6.45) is 1.95. The van der Waals surface area contributed by atoms with Crippen molar-refractivity contribution in [3.63, 3.8) is 0 Å². The molecule has 0 saturated heterocycles. The third-order valence-electron chi connectivity index (χ3n) is 5.09. The van der Waals surface area contributed by atoms with Crippen molar-refractivity contribution in [3.8, 4) is 5.69 Å². The van der Waals surface area contributed by atoms with Crippen LogP contribution in [0.2, 0.25) is 0 Å². The third-order valence-corrected chi connectivity index (χ3v) is 6.01. The fourth-order valence-electron chi connectivity index (χ4n) is 3.55. The van der Waals surface area contributed by atoms with Crippen LogP contribution in [-0.4, -0.2) is 54.0 Å². The maximum Gasteiger partial charge on any atom is 0.326 e. The van der Waals surface area contributed by atoms with Gasteiger partial charge in [-0.15, -0.1) is 5.10 Å². The molecule has 32 heavy (non-hydrogen) atoms. The average Bonchev–Trinajstić information content (AvgIpc) is 3.39. The Labute approximate surface area is 188 Å². The summed E-state index contributed by atoms with van der Waals surface area (Å²) in [4.78, 5) is 27.4. The van der Waals surface area contributed by atoms with Gasteiger partial charge in [0, 0.05) is 23.5 Å². The number of aromatic amines is 1. The number of nitrogens with zero attached hydrogens (tertiary/aromatic N) is 4. The number of H-pyrrole nitrogens is 1. The smallest absolute Gasteiger partial charge is 0.326 e. The molecule has 0 saturated carbocycles. The van der Waals surface area contributed by atoms with Gasteiger partial charge in [-0.25, -0.2) is 4.79 Å². The van der Waals surface area contributed by atoms with Crippen LogP contribution in [-0.2, 0) is 16.0 Å². The fourth-order valence-corrected chi connectivity index (χ4v) is 4.24. The Kier molecular flexibility index (Phi) is 6.22. The van der Waals surface area contributed by atoms with Crippen molar-refractivity contribution in [1.82, 2.24) is 30.5 Å². The minimum Gasteiger partial charge on any atom is -0.480 e. The number of fused-ring (bicyclic) bond motifs is 1. The van der Waals surface area contributed by atoms with E-state index in [4.69, 9.17) is 0 Å². The molecule has 4 rings (SSSR count). The number of amides is 1. The number of para-hydroxylation sites is 1. The normalized spacial score (nSPS) is 12.1. The number of tetrazole rings is 1. The van der Waals surface area contributed by atoms with Crippen LogP contribution in [0.25, 0.3) is 16.6 Å². The van der Waals surface area contributed by atoms with Crippen LogP contribution in [0.3, 0.4) is 0 Å². The molecule has 10 heteroatoms. The summed E-state index contributed by atoms with van der Waals surface area (Å²) in [6.45, 7) is 3.97. The van der Waals surface area contributed by atoms with E-state index in [9.17, 15) is 14.7 Å². The van der Waals surface area contributed by atoms with Gasteiger partial charge in [0.25, 0.3) is 0 Å². The number of nitrogens with one attached hydrogen (secondary N) is 2. The highest BCUT2D eigenvalue weighted by molar-refractivity contribution is 7.99. The van der Waals surface area contributed by atoms with Crippen molar-refractivity contribution in [2.75, 3.05) is 5.75 Å². The largest absolute Gasteiger partial charge is 0.480 e. The number of carboxylic acid groups (broad SMARTS) is 1. The highest BCUT2D eigenvalue weighted by Gasteiger charge is 2.22. The van der Waals surface area contributed by atoms with Crippen molar-refractivity contribution in [2.45, 2.75) is 31.5 Å². The maximum absolute atomic E-state index is 12.5. The number of aromatic nitrogens is 5. The number of aryl methyl sites for hydroxylation is 2. The first kappa shape index (κ1) is 21.6. The molecule has 3 N–H and O–H groups in total. The number of carbonyl (C=O) groups is 2. The summed E-state index contributed by atoms with van der Waals surface area (Å²) in [7, 11) is 0. The molecule has 9 nitrogen and oxygen atoms in total. The molecule has 0 bridgehead atoms. The van der Waals surface area contributed by atoms with E-state index < -0.39 is 17.9 Å². The van der Waals surface area contributed by atoms with Crippen molar-refractivity contribution in [1.29, 1.82) is 0 Å². The fraction of sp³-hybridized carbons (Fsp3) is 0.227. The zero-order valence-corrected chi connectivity index (χ0v) is 18.4. The van der Waals surface area contributed by atoms with E-state index in [-0.39, 0.29) is 12.2 Å². The molecule has 1 unspecified atom stereocenters. The summed E-state index contributed by atoms with van der Waals surface area (Å²) in [5, 5.41) is 25.4. The van der Waals surface area contributed by atoms with Gasteiger partial charge in [-0.3, -0.25) is 4.79 Å². The van der Waals surface area contributed by atoms with E-state index in [1.807, 2.05) is 56.3 Å². The second kappa shape index (κ2) is 9.23. The van der Waals surface area contributed by atoms with Gasteiger partial charge in [-0.05, 0) is 47.5 Å². The lowest BCUT2D eigenvalue weighted by Crippen LogP contribution is -2.43. The molecule has 164 valence electrons. The molecule has 2 heterocycles. The van der Waals surface area contributed by atoms with Gasteiger partial charge in [0.2, 0.25) is 11.1 Å². The second-order valence-electron chi connectivity index (χ2n) is 7.47.